The third kappa shape index (κ3) is 3.76. The summed E-state index contributed by atoms with van der Waals surface area (Å²) in [6.45, 7) is 6.54. The van der Waals surface area contributed by atoms with Crippen LogP contribution in [0.2, 0.25) is 0 Å². The van der Waals surface area contributed by atoms with Gasteiger partial charge in [0.2, 0.25) is 0 Å². The molecule has 7 heteroatoms. The topological polar surface area (TPSA) is 76.3 Å². The molecule has 1 aliphatic carbocycles. The number of aromatic nitrogens is 1. The number of thiazole rings is 1. The predicted octanol–water partition coefficient (Wildman–Crippen LogP) is 3.01. The average Bonchev–Trinajstić information content (AvgIpc) is 2.99. The Kier molecular flexibility index (Phi) is 5.27. The van der Waals surface area contributed by atoms with Gasteiger partial charge in [0, 0.05) is 12.6 Å². The van der Waals surface area contributed by atoms with E-state index in [0.717, 1.165) is 43.4 Å². The zero-order valence-electron chi connectivity index (χ0n) is 13.0. The van der Waals surface area contributed by atoms with Gasteiger partial charge in [-0.25, -0.2) is 13.4 Å². The molecule has 2 N–H and O–H groups in total. The van der Waals surface area contributed by atoms with Crippen molar-refractivity contribution < 1.29 is 8.42 Å². The van der Waals surface area contributed by atoms with Crippen LogP contribution < -0.4 is 5.73 Å². The maximum atomic E-state index is 13.0. The molecule has 0 amide bonds. The molecule has 5 nitrogen and oxygen atoms in total. The van der Waals surface area contributed by atoms with Gasteiger partial charge in [-0.2, -0.15) is 4.31 Å². The van der Waals surface area contributed by atoms with Crippen LogP contribution >= 0.6 is 11.3 Å². The molecule has 0 aromatic carbocycles. The van der Waals surface area contributed by atoms with Crippen molar-refractivity contribution in [2.45, 2.75) is 63.1 Å². The highest BCUT2D eigenvalue weighted by Gasteiger charge is 2.35. The Morgan fingerprint density at radius 2 is 2.00 bits per heavy atom. The van der Waals surface area contributed by atoms with Gasteiger partial charge in [-0.1, -0.05) is 38.0 Å². The fourth-order valence-electron chi connectivity index (χ4n) is 2.83. The van der Waals surface area contributed by atoms with Crippen molar-refractivity contribution in [3.8, 4) is 0 Å². The molecule has 0 saturated heterocycles. The summed E-state index contributed by atoms with van der Waals surface area (Å²) in [5.74, 6) is 0.483. The van der Waals surface area contributed by atoms with Crippen LogP contribution in [0.5, 0.6) is 0 Å². The minimum atomic E-state index is -3.48. The number of hydrogen-bond acceptors (Lipinski definition) is 5. The summed E-state index contributed by atoms with van der Waals surface area (Å²) in [4.78, 5) is 4.07. The molecule has 1 fully saturated rings. The Bertz CT molecular complexity index is 575. The number of rotatable bonds is 6. The third-order valence-electron chi connectivity index (χ3n) is 3.97. The van der Waals surface area contributed by atoms with Gasteiger partial charge in [-0.3, -0.25) is 0 Å². The number of hydrogen-bond donors (Lipinski definition) is 1. The largest absolute Gasteiger partial charge is 0.375 e. The number of anilines is 1. The van der Waals surface area contributed by atoms with Gasteiger partial charge in [0.15, 0.2) is 9.34 Å². The highest BCUT2D eigenvalue weighted by atomic mass is 32.2. The molecule has 0 bridgehead atoms. The molecular weight excluding hydrogens is 306 g/mol. The molecular formula is C14H25N3O2S2. The first kappa shape index (κ1) is 16.7. The number of aryl methyl sites for hydroxylation is 1. The zero-order valence-corrected chi connectivity index (χ0v) is 14.6. The molecule has 1 aliphatic rings. The molecule has 21 heavy (non-hydrogen) atoms. The molecule has 0 unspecified atom stereocenters. The summed E-state index contributed by atoms with van der Waals surface area (Å²) in [6.07, 6.45) is 5.03. The Morgan fingerprint density at radius 3 is 2.48 bits per heavy atom. The molecule has 120 valence electrons. The standard InChI is InChI=1S/C14H25N3O2S2/c1-10(2)8-9-17(12-6-4-5-7-12)21(18,19)13-11(3)16-14(15)20-13/h10,12H,4-9H2,1-3H3,(H2,15,16). The van der Waals surface area contributed by atoms with Crippen LogP contribution in [0.25, 0.3) is 0 Å². The van der Waals surface area contributed by atoms with E-state index in [-0.39, 0.29) is 6.04 Å². The smallest absolute Gasteiger partial charge is 0.254 e. The highest BCUT2D eigenvalue weighted by Crippen LogP contribution is 2.33. The van der Waals surface area contributed by atoms with Crippen LogP contribution in [0.1, 0.15) is 51.6 Å². The van der Waals surface area contributed by atoms with Gasteiger partial charge in [-0.05, 0) is 32.1 Å². The Hall–Kier alpha value is -0.660. The molecule has 1 aromatic heterocycles. The van der Waals surface area contributed by atoms with Crippen molar-refractivity contribution in [2.75, 3.05) is 12.3 Å². The molecule has 0 spiro atoms. The lowest BCUT2D eigenvalue weighted by Crippen LogP contribution is -2.39. The fourth-order valence-corrected chi connectivity index (χ4v) is 5.94. The van der Waals surface area contributed by atoms with Crippen LogP contribution in [-0.4, -0.2) is 30.3 Å². The molecule has 1 saturated carbocycles. The van der Waals surface area contributed by atoms with Crippen molar-refractivity contribution in [2.24, 2.45) is 5.92 Å². The van der Waals surface area contributed by atoms with E-state index in [0.29, 0.717) is 27.5 Å². The monoisotopic (exact) mass is 331 g/mol. The van der Waals surface area contributed by atoms with Crippen molar-refractivity contribution in [1.29, 1.82) is 0 Å². The zero-order chi connectivity index (χ0) is 15.6. The Morgan fingerprint density at radius 1 is 1.38 bits per heavy atom. The first-order valence-electron chi connectivity index (χ1n) is 7.57. The molecule has 2 rings (SSSR count). The van der Waals surface area contributed by atoms with Crippen LogP contribution in [0, 0.1) is 12.8 Å². The van der Waals surface area contributed by atoms with Gasteiger partial charge < -0.3 is 5.73 Å². The first-order chi connectivity index (χ1) is 9.82. The van der Waals surface area contributed by atoms with E-state index in [1.54, 1.807) is 11.2 Å². The summed E-state index contributed by atoms with van der Waals surface area (Å²) in [5.41, 5.74) is 6.19. The van der Waals surface area contributed by atoms with E-state index in [4.69, 9.17) is 5.73 Å². The lowest BCUT2D eigenvalue weighted by atomic mass is 10.1. The molecule has 0 aliphatic heterocycles. The van der Waals surface area contributed by atoms with Gasteiger partial charge in [0.25, 0.3) is 10.0 Å². The second-order valence-corrected chi connectivity index (χ2v) is 9.28. The second-order valence-electron chi connectivity index (χ2n) is 6.16. The minimum Gasteiger partial charge on any atom is -0.375 e. The summed E-state index contributed by atoms with van der Waals surface area (Å²) in [7, 11) is -3.48. The van der Waals surface area contributed by atoms with Crippen LogP contribution in [0.4, 0.5) is 5.13 Å². The predicted molar refractivity (Wildman–Crippen MR) is 86.9 cm³/mol. The van der Waals surface area contributed by atoms with Gasteiger partial charge >= 0.3 is 0 Å². The second kappa shape index (κ2) is 6.62. The third-order valence-corrected chi connectivity index (χ3v) is 7.50. The number of nitrogens with zero attached hydrogens (tertiary/aromatic N) is 2. The van der Waals surface area contributed by atoms with E-state index in [2.05, 4.69) is 18.8 Å². The summed E-state index contributed by atoms with van der Waals surface area (Å²) < 4.78 is 28.0. The van der Waals surface area contributed by atoms with E-state index >= 15 is 0 Å². The van der Waals surface area contributed by atoms with Crippen molar-refractivity contribution in [3.05, 3.63) is 5.69 Å². The SMILES string of the molecule is Cc1nc(N)sc1S(=O)(=O)N(CCC(C)C)C1CCCC1. The van der Waals surface area contributed by atoms with Crippen LogP contribution in [-0.2, 0) is 10.0 Å². The lowest BCUT2D eigenvalue weighted by Gasteiger charge is -2.28. The van der Waals surface area contributed by atoms with Gasteiger partial charge in [0.05, 0.1) is 5.69 Å². The number of nitrogens with two attached hydrogens (primary N) is 1. The lowest BCUT2D eigenvalue weighted by molar-refractivity contribution is 0.305. The minimum absolute atomic E-state index is 0.136. The molecule has 0 radical (unpaired) electrons. The van der Waals surface area contributed by atoms with E-state index in [9.17, 15) is 8.42 Å². The van der Waals surface area contributed by atoms with Crippen molar-refractivity contribution in [1.82, 2.24) is 9.29 Å². The van der Waals surface area contributed by atoms with Gasteiger partial charge in [0.1, 0.15) is 0 Å². The maximum absolute atomic E-state index is 13.0. The summed E-state index contributed by atoms with van der Waals surface area (Å²) in [6, 6.07) is 0.136. The van der Waals surface area contributed by atoms with E-state index < -0.39 is 10.0 Å². The summed E-state index contributed by atoms with van der Waals surface area (Å²) >= 11 is 1.08. The van der Waals surface area contributed by atoms with E-state index in [1.807, 2.05) is 0 Å². The van der Waals surface area contributed by atoms with Crippen molar-refractivity contribution in [3.63, 3.8) is 0 Å². The Balaban J connectivity index is 2.31. The van der Waals surface area contributed by atoms with Crippen molar-refractivity contribution >= 4 is 26.5 Å². The summed E-state index contributed by atoms with van der Waals surface area (Å²) in [5, 5.41) is 0.321. The molecule has 1 heterocycles. The quantitative estimate of drug-likeness (QED) is 0.869. The van der Waals surface area contributed by atoms with Crippen LogP contribution in [0.3, 0.4) is 0 Å². The highest BCUT2D eigenvalue weighted by molar-refractivity contribution is 7.91. The fraction of sp³-hybridized carbons (Fsp3) is 0.786. The normalized spacial score (nSPS) is 17.2. The maximum Gasteiger partial charge on any atom is 0.254 e. The van der Waals surface area contributed by atoms with E-state index in [1.165, 1.54) is 0 Å². The molecule has 0 atom stereocenters. The number of nitrogen functional groups attached to an aromatic ring is 1. The Labute approximate surface area is 131 Å². The number of sulfonamides is 1. The first-order valence-corrected chi connectivity index (χ1v) is 9.82. The van der Waals surface area contributed by atoms with Gasteiger partial charge in [-0.15, -0.1) is 0 Å². The molecule has 1 aromatic rings. The average molecular weight is 332 g/mol. The van der Waals surface area contributed by atoms with Crippen LogP contribution in [0.15, 0.2) is 4.21 Å².